The molecule has 2 aromatic heterocycles. The van der Waals surface area contributed by atoms with Crippen molar-refractivity contribution in [3.05, 3.63) is 53.2 Å². The van der Waals surface area contributed by atoms with Gasteiger partial charge in [0.05, 0.1) is 6.04 Å². The zero-order valence-electron chi connectivity index (χ0n) is 14.4. The molecule has 3 heterocycles. The first kappa shape index (κ1) is 17.2. The molecule has 0 saturated carbocycles. The van der Waals surface area contributed by atoms with Crippen LogP contribution < -0.4 is 0 Å². The SMILES string of the molecule is CCc1ccc(C2CC(C)CCN2C(=O)c2ccnc(C(=O)O)c2)o1. The van der Waals surface area contributed by atoms with Gasteiger partial charge in [-0.3, -0.25) is 4.79 Å². The van der Waals surface area contributed by atoms with Gasteiger partial charge >= 0.3 is 5.97 Å². The third-order valence-electron chi connectivity index (χ3n) is 4.71. The number of aromatic carboxylic acids is 1. The van der Waals surface area contributed by atoms with Crippen LogP contribution in [0.1, 0.15) is 65.1 Å². The summed E-state index contributed by atoms with van der Waals surface area (Å²) < 4.78 is 5.90. The monoisotopic (exact) mass is 342 g/mol. The molecule has 1 N–H and O–H groups in total. The second-order valence-corrected chi connectivity index (χ2v) is 6.54. The molecule has 6 heteroatoms. The van der Waals surface area contributed by atoms with E-state index in [0.29, 0.717) is 18.0 Å². The number of aryl methyl sites for hydroxylation is 1. The normalized spacial score (nSPS) is 20.5. The summed E-state index contributed by atoms with van der Waals surface area (Å²) in [6.07, 6.45) is 3.92. The maximum atomic E-state index is 13.0. The van der Waals surface area contributed by atoms with Crippen LogP contribution in [-0.2, 0) is 6.42 Å². The molecule has 1 aliphatic rings. The van der Waals surface area contributed by atoms with E-state index in [1.54, 1.807) is 11.0 Å². The van der Waals surface area contributed by atoms with Crippen LogP contribution in [0.5, 0.6) is 0 Å². The highest BCUT2D eigenvalue weighted by molar-refractivity contribution is 5.96. The average Bonchev–Trinajstić information content (AvgIpc) is 3.10. The van der Waals surface area contributed by atoms with E-state index in [1.165, 1.54) is 12.3 Å². The number of hydrogen-bond donors (Lipinski definition) is 1. The molecule has 1 aliphatic heterocycles. The van der Waals surface area contributed by atoms with E-state index >= 15 is 0 Å². The number of nitrogens with zero attached hydrogens (tertiary/aromatic N) is 2. The van der Waals surface area contributed by atoms with Crippen LogP contribution in [0, 0.1) is 5.92 Å². The Kier molecular flexibility index (Phi) is 4.88. The van der Waals surface area contributed by atoms with Crippen molar-refractivity contribution in [2.24, 2.45) is 5.92 Å². The van der Waals surface area contributed by atoms with Crippen LogP contribution in [0.4, 0.5) is 0 Å². The summed E-state index contributed by atoms with van der Waals surface area (Å²) in [5.74, 6) is 0.867. The quantitative estimate of drug-likeness (QED) is 0.918. The van der Waals surface area contributed by atoms with Gasteiger partial charge in [0.1, 0.15) is 17.2 Å². The number of furan rings is 1. The van der Waals surface area contributed by atoms with Crippen LogP contribution in [0.2, 0.25) is 0 Å². The lowest BCUT2D eigenvalue weighted by molar-refractivity contribution is 0.0518. The van der Waals surface area contributed by atoms with Crippen molar-refractivity contribution >= 4 is 11.9 Å². The molecule has 6 nitrogen and oxygen atoms in total. The number of aromatic nitrogens is 1. The van der Waals surface area contributed by atoms with Gasteiger partial charge in [-0.15, -0.1) is 0 Å². The fraction of sp³-hybridized carbons (Fsp3) is 0.421. The van der Waals surface area contributed by atoms with E-state index in [-0.39, 0.29) is 17.6 Å². The maximum absolute atomic E-state index is 13.0. The molecule has 1 amide bonds. The summed E-state index contributed by atoms with van der Waals surface area (Å²) in [6.45, 7) is 4.82. The van der Waals surface area contributed by atoms with Crippen molar-refractivity contribution in [3.8, 4) is 0 Å². The third kappa shape index (κ3) is 3.57. The first-order valence-corrected chi connectivity index (χ1v) is 8.58. The summed E-state index contributed by atoms with van der Waals surface area (Å²) in [7, 11) is 0. The molecule has 2 atom stereocenters. The van der Waals surface area contributed by atoms with E-state index in [2.05, 4.69) is 11.9 Å². The van der Waals surface area contributed by atoms with Crippen molar-refractivity contribution < 1.29 is 19.1 Å². The van der Waals surface area contributed by atoms with E-state index in [9.17, 15) is 9.59 Å². The second kappa shape index (κ2) is 7.09. The molecular weight excluding hydrogens is 320 g/mol. The zero-order valence-corrected chi connectivity index (χ0v) is 14.4. The maximum Gasteiger partial charge on any atom is 0.354 e. The van der Waals surface area contributed by atoms with Gasteiger partial charge in [-0.25, -0.2) is 9.78 Å². The Morgan fingerprint density at radius 3 is 2.84 bits per heavy atom. The Morgan fingerprint density at radius 2 is 2.16 bits per heavy atom. The van der Waals surface area contributed by atoms with Gasteiger partial charge in [-0.05, 0) is 43.0 Å². The molecule has 0 spiro atoms. The van der Waals surface area contributed by atoms with Gasteiger partial charge in [0, 0.05) is 24.7 Å². The minimum atomic E-state index is -1.14. The highest BCUT2D eigenvalue weighted by Crippen LogP contribution is 2.36. The first-order valence-electron chi connectivity index (χ1n) is 8.58. The highest BCUT2D eigenvalue weighted by atomic mass is 16.4. The van der Waals surface area contributed by atoms with E-state index in [0.717, 1.165) is 30.8 Å². The lowest BCUT2D eigenvalue weighted by atomic mass is 9.90. The number of likely N-dealkylation sites (tertiary alicyclic amines) is 1. The summed E-state index contributed by atoms with van der Waals surface area (Å²) >= 11 is 0. The summed E-state index contributed by atoms with van der Waals surface area (Å²) in [5.41, 5.74) is 0.216. The zero-order chi connectivity index (χ0) is 18.0. The number of pyridine rings is 1. The predicted molar refractivity (Wildman–Crippen MR) is 91.5 cm³/mol. The third-order valence-corrected chi connectivity index (χ3v) is 4.71. The summed E-state index contributed by atoms with van der Waals surface area (Å²) in [4.78, 5) is 29.7. The van der Waals surface area contributed by atoms with Gasteiger partial charge in [0.15, 0.2) is 0 Å². The lowest BCUT2D eigenvalue weighted by Gasteiger charge is -2.37. The van der Waals surface area contributed by atoms with Crippen LogP contribution in [-0.4, -0.2) is 33.4 Å². The highest BCUT2D eigenvalue weighted by Gasteiger charge is 2.33. The summed E-state index contributed by atoms with van der Waals surface area (Å²) in [5, 5.41) is 9.09. The second-order valence-electron chi connectivity index (χ2n) is 6.54. The van der Waals surface area contributed by atoms with Crippen molar-refractivity contribution in [1.82, 2.24) is 9.88 Å². The molecular formula is C19H22N2O4. The van der Waals surface area contributed by atoms with Crippen LogP contribution >= 0.6 is 0 Å². The van der Waals surface area contributed by atoms with Crippen molar-refractivity contribution in [2.75, 3.05) is 6.54 Å². The number of carboxylic acids is 1. The molecule has 3 rings (SSSR count). The van der Waals surface area contributed by atoms with Gasteiger partial charge < -0.3 is 14.4 Å². The smallest absolute Gasteiger partial charge is 0.354 e. The molecule has 1 fully saturated rings. The van der Waals surface area contributed by atoms with Crippen molar-refractivity contribution in [1.29, 1.82) is 0 Å². The molecule has 0 bridgehead atoms. The van der Waals surface area contributed by atoms with Crippen molar-refractivity contribution in [3.63, 3.8) is 0 Å². The number of carbonyl (C=O) groups is 2. The molecule has 1 saturated heterocycles. The minimum Gasteiger partial charge on any atom is -0.477 e. The number of amides is 1. The minimum absolute atomic E-state index is 0.126. The Morgan fingerprint density at radius 1 is 1.36 bits per heavy atom. The molecule has 0 aromatic carbocycles. The number of piperidine rings is 1. The molecule has 0 radical (unpaired) electrons. The van der Waals surface area contributed by atoms with Gasteiger partial charge in [0.25, 0.3) is 5.91 Å². The Balaban J connectivity index is 1.90. The fourth-order valence-electron chi connectivity index (χ4n) is 3.26. The van der Waals surface area contributed by atoms with Gasteiger partial charge in [0.2, 0.25) is 0 Å². The van der Waals surface area contributed by atoms with Crippen LogP contribution in [0.3, 0.4) is 0 Å². The van der Waals surface area contributed by atoms with Crippen LogP contribution in [0.15, 0.2) is 34.9 Å². The molecule has 0 aliphatic carbocycles. The Labute approximate surface area is 146 Å². The largest absolute Gasteiger partial charge is 0.477 e. The molecule has 25 heavy (non-hydrogen) atoms. The fourth-order valence-corrected chi connectivity index (χ4v) is 3.26. The first-order chi connectivity index (χ1) is 12.0. The lowest BCUT2D eigenvalue weighted by Crippen LogP contribution is -2.40. The average molecular weight is 342 g/mol. The van der Waals surface area contributed by atoms with Gasteiger partial charge in [-0.1, -0.05) is 13.8 Å². The number of hydrogen-bond acceptors (Lipinski definition) is 4. The molecule has 2 unspecified atom stereocenters. The van der Waals surface area contributed by atoms with E-state index in [1.807, 2.05) is 19.1 Å². The predicted octanol–water partition coefficient (Wildman–Crippen LogP) is 3.55. The van der Waals surface area contributed by atoms with E-state index in [4.69, 9.17) is 9.52 Å². The Bertz CT molecular complexity index is 783. The molecule has 2 aromatic rings. The van der Waals surface area contributed by atoms with Crippen LogP contribution in [0.25, 0.3) is 0 Å². The van der Waals surface area contributed by atoms with E-state index < -0.39 is 5.97 Å². The topological polar surface area (TPSA) is 83.6 Å². The summed E-state index contributed by atoms with van der Waals surface area (Å²) in [6, 6.07) is 6.66. The molecule has 132 valence electrons. The van der Waals surface area contributed by atoms with Crippen molar-refractivity contribution in [2.45, 2.75) is 39.2 Å². The Hall–Kier alpha value is -2.63. The number of carbonyl (C=O) groups excluding carboxylic acids is 1. The number of carboxylic acid groups (broad SMARTS) is 1. The number of rotatable bonds is 4. The van der Waals surface area contributed by atoms with Gasteiger partial charge in [-0.2, -0.15) is 0 Å². The standard InChI is InChI=1S/C19H22N2O4/c1-3-14-4-5-17(25-14)16-10-12(2)7-9-21(16)18(22)13-6-8-20-15(11-13)19(23)24/h4-6,8,11-12,16H,3,7,9-10H2,1-2H3,(H,23,24).